The number of hydrogen-bond acceptors (Lipinski definition) is 4. The molecular formula is C17H31IN4O2S2. The van der Waals surface area contributed by atoms with Gasteiger partial charge < -0.3 is 10.6 Å². The number of sulfonamides is 1. The summed E-state index contributed by atoms with van der Waals surface area (Å²) in [6, 6.07) is 2.12. The Morgan fingerprint density at radius 3 is 2.73 bits per heavy atom. The van der Waals surface area contributed by atoms with Crippen LogP contribution in [0.3, 0.4) is 0 Å². The second kappa shape index (κ2) is 12.1. The Labute approximate surface area is 178 Å². The highest BCUT2D eigenvalue weighted by atomic mass is 127. The first-order valence-corrected chi connectivity index (χ1v) is 11.6. The molecule has 0 aromatic carbocycles. The Morgan fingerprint density at radius 1 is 1.38 bits per heavy atom. The van der Waals surface area contributed by atoms with Gasteiger partial charge in [-0.15, -0.1) is 24.0 Å². The van der Waals surface area contributed by atoms with E-state index in [4.69, 9.17) is 0 Å². The first kappa shape index (κ1) is 23.6. The molecule has 3 N–H and O–H groups in total. The zero-order valence-electron chi connectivity index (χ0n) is 15.5. The zero-order chi connectivity index (χ0) is 18.1. The molecule has 1 aromatic heterocycles. The summed E-state index contributed by atoms with van der Waals surface area (Å²) < 4.78 is 26.8. The van der Waals surface area contributed by atoms with Gasteiger partial charge in [0.1, 0.15) is 0 Å². The molecule has 1 aliphatic carbocycles. The summed E-state index contributed by atoms with van der Waals surface area (Å²) in [5.74, 6) is 1.60. The minimum absolute atomic E-state index is 0. The summed E-state index contributed by atoms with van der Waals surface area (Å²) in [6.45, 7) is 6.47. The Kier molecular flexibility index (Phi) is 11.0. The highest BCUT2D eigenvalue weighted by molar-refractivity contribution is 14.0. The first-order valence-electron chi connectivity index (χ1n) is 9.01. The molecule has 150 valence electrons. The minimum atomic E-state index is -3.22. The van der Waals surface area contributed by atoms with Gasteiger partial charge in [0.15, 0.2) is 5.96 Å². The van der Waals surface area contributed by atoms with Gasteiger partial charge in [-0.2, -0.15) is 11.3 Å². The molecule has 1 atom stereocenters. The Morgan fingerprint density at radius 2 is 2.15 bits per heavy atom. The van der Waals surface area contributed by atoms with Crippen molar-refractivity contribution < 1.29 is 8.42 Å². The van der Waals surface area contributed by atoms with Gasteiger partial charge in [0.25, 0.3) is 0 Å². The topological polar surface area (TPSA) is 82.6 Å². The molecule has 26 heavy (non-hydrogen) atoms. The van der Waals surface area contributed by atoms with E-state index >= 15 is 0 Å². The Balaban J connectivity index is 0.00000338. The lowest BCUT2D eigenvalue weighted by atomic mass is 9.86. The summed E-state index contributed by atoms with van der Waals surface area (Å²) in [6.07, 6.45) is 3.50. The third-order valence-corrected chi connectivity index (χ3v) is 6.51. The van der Waals surface area contributed by atoms with Crippen molar-refractivity contribution in [1.82, 2.24) is 15.4 Å². The molecule has 1 aromatic rings. The maximum Gasteiger partial charge on any atom is 0.213 e. The van der Waals surface area contributed by atoms with Crippen molar-refractivity contribution in [3.63, 3.8) is 0 Å². The van der Waals surface area contributed by atoms with Crippen LogP contribution in [0.4, 0.5) is 0 Å². The maximum absolute atomic E-state index is 12.0. The average Bonchev–Trinajstić information content (AvgIpc) is 3.05. The summed E-state index contributed by atoms with van der Waals surface area (Å²) >= 11 is 1.69. The van der Waals surface area contributed by atoms with E-state index in [-0.39, 0.29) is 29.7 Å². The molecular weight excluding hydrogens is 483 g/mol. The molecule has 2 rings (SSSR count). The molecule has 0 spiro atoms. The van der Waals surface area contributed by atoms with Crippen LogP contribution in [-0.4, -0.2) is 46.3 Å². The van der Waals surface area contributed by atoms with Crippen LogP contribution >= 0.6 is 35.3 Å². The number of guanidine groups is 1. The average molecular weight is 514 g/mol. The summed E-state index contributed by atoms with van der Waals surface area (Å²) in [4.78, 5) is 4.57. The molecule has 6 nitrogen and oxygen atoms in total. The van der Waals surface area contributed by atoms with Crippen LogP contribution in [-0.2, 0) is 10.0 Å². The normalized spacial score (nSPS) is 16.5. The van der Waals surface area contributed by atoms with Crippen LogP contribution in [0.5, 0.6) is 0 Å². The van der Waals surface area contributed by atoms with Gasteiger partial charge in [-0.05, 0) is 48.1 Å². The van der Waals surface area contributed by atoms with Gasteiger partial charge in [0, 0.05) is 32.1 Å². The maximum atomic E-state index is 12.0. The third kappa shape index (κ3) is 8.53. The van der Waals surface area contributed by atoms with Crippen molar-refractivity contribution in [2.24, 2.45) is 10.9 Å². The molecule has 0 bridgehead atoms. The molecule has 9 heteroatoms. The van der Waals surface area contributed by atoms with Gasteiger partial charge in [-0.3, -0.25) is 4.99 Å². The van der Waals surface area contributed by atoms with Crippen LogP contribution in [0.25, 0.3) is 0 Å². The Bertz CT molecular complexity index is 631. The van der Waals surface area contributed by atoms with Crippen molar-refractivity contribution in [3.05, 3.63) is 22.4 Å². The second-order valence-corrected chi connectivity index (χ2v) is 9.27. The fourth-order valence-corrected chi connectivity index (χ4v) is 4.34. The fourth-order valence-electron chi connectivity index (χ4n) is 2.55. The number of hydrogen-bond donors (Lipinski definition) is 3. The van der Waals surface area contributed by atoms with Gasteiger partial charge >= 0.3 is 0 Å². The van der Waals surface area contributed by atoms with Gasteiger partial charge in [-0.25, -0.2) is 13.1 Å². The zero-order valence-corrected chi connectivity index (χ0v) is 19.5. The van der Waals surface area contributed by atoms with Crippen LogP contribution in [0.2, 0.25) is 0 Å². The van der Waals surface area contributed by atoms with Crippen LogP contribution in [0.1, 0.15) is 44.6 Å². The lowest BCUT2D eigenvalue weighted by molar-refractivity contribution is 0.316. The third-order valence-electron chi connectivity index (χ3n) is 4.46. The smallest absolute Gasteiger partial charge is 0.213 e. The van der Waals surface area contributed by atoms with Crippen molar-refractivity contribution in [2.75, 3.05) is 31.9 Å². The van der Waals surface area contributed by atoms with E-state index in [0.29, 0.717) is 37.4 Å². The molecule has 1 saturated carbocycles. The van der Waals surface area contributed by atoms with E-state index in [9.17, 15) is 8.42 Å². The van der Waals surface area contributed by atoms with Crippen molar-refractivity contribution in [3.8, 4) is 0 Å². The van der Waals surface area contributed by atoms with Crippen LogP contribution < -0.4 is 15.4 Å². The molecule has 0 amide bonds. The highest BCUT2D eigenvalue weighted by Crippen LogP contribution is 2.25. The van der Waals surface area contributed by atoms with Gasteiger partial charge in [0.05, 0.1) is 5.75 Å². The summed E-state index contributed by atoms with van der Waals surface area (Å²) in [5, 5.41) is 10.5. The molecule has 1 aliphatic rings. The predicted octanol–water partition coefficient (Wildman–Crippen LogP) is 2.74. The predicted molar refractivity (Wildman–Crippen MR) is 121 cm³/mol. The highest BCUT2D eigenvalue weighted by Gasteiger charge is 2.20. The molecule has 0 saturated heterocycles. The molecule has 0 radical (unpaired) electrons. The number of nitrogens with zero attached hydrogens (tertiary/aromatic N) is 1. The van der Waals surface area contributed by atoms with E-state index in [1.54, 1.807) is 11.3 Å². The first-order chi connectivity index (χ1) is 12.0. The van der Waals surface area contributed by atoms with Crippen molar-refractivity contribution in [1.29, 1.82) is 0 Å². The van der Waals surface area contributed by atoms with E-state index in [0.717, 1.165) is 19.4 Å². The number of thiophene rings is 1. The van der Waals surface area contributed by atoms with Crippen LogP contribution in [0, 0.1) is 5.92 Å². The summed E-state index contributed by atoms with van der Waals surface area (Å²) in [7, 11) is -3.22. The van der Waals surface area contributed by atoms with E-state index in [2.05, 4.69) is 44.1 Å². The minimum Gasteiger partial charge on any atom is -0.357 e. The van der Waals surface area contributed by atoms with Crippen LogP contribution in [0.15, 0.2) is 21.8 Å². The van der Waals surface area contributed by atoms with Gasteiger partial charge in [-0.1, -0.05) is 13.3 Å². The van der Waals surface area contributed by atoms with E-state index < -0.39 is 10.0 Å². The lowest BCUT2D eigenvalue weighted by Crippen LogP contribution is -2.42. The quantitative estimate of drug-likeness (QED) is 0.255. The number of aliphatic imine (C=N–C) groups is 1. The van der Waals surface area contributed by atoms with Gasteiger partial charge in [0.2, 0.25) is 10.0 Å². The molecule has 1 fully saturated rings. The number of nitrogens with one attached hydrogen (secondary N) is 3. The lowest BCUT2D eigenvalue weighted by Gasteiger charge is -2.25. The Hall–Kier alpha value is -0.390. The molecule has 1 heterocycles. The largest absolute Gasteiger partial charge is 0.357 e. The standard InChI is InChI=1S/C17H30N4O2S2.HI/c1-3-18-17(20-11-14(2)16-7-9-24-13-16)19-8-10-25(22,23)21-12-15-5-4-6-15;/h7,9,13-15,21H,3-6,8,10-12H2,1-2H3,(H2,18,19,20);1H. The summed E-state index contributed by atoms with van der Waals surface area (Å²) in [5.41, 5.74) is 1.28. The number of halogens is 1. The monoisotopic (exact) mass is 514 g/mol. The SMILES string of the molecule is CCNC(=NCC(C)c1ccsc1)NCCS(=O)(=O)NCC1CCC1.I. The second-order valence-electron chi connectivity index (χ2n) is 6.57. The van der Waals surface area contributed by atoms with Crippen molar-refractivity contribution >= 4 is 51.3 Å². The van der Waals surface area contributed by atoms with E-state index in [1.165, 1.54) is 12.0 Å². The van der Waals surface area contributed by atoms with E-state index in [1.807, 2.05) is 6.92 Å². The van der Waals surface area contributed by atoms with Crippen molar-refractivity contribution in [2.45, 2.75) is 39.0 Å². The fraction of sp³-hybridized carbons (Fsp3) is 0.706. The number of rotatable bonds is 10. The molecule has 1 unspecified atom stereocenters. The molecule has 0 aliphatic heterocycles.